The average molecular weight is 328 g/mol. The van der Waals surface area contributed by atoms with E-state index in [1.807, 2.05) is 0 Å². The summed E-state index contributed by atoms with van der Waals surface area (Å²) in [5.41, 5.74) is 0.933. The first-order chi connectivity index (χ1) is 11.5. The fraction of sp³-hybridized carbons (Fsp3) is 0.438. The zero-order valence-corrected chi connectivity index (χ0v) is 13.0. The summed E-state index contributed by atoms with van der Waals surface area (Å²) >= 11 is 0. The number of likely N-dealkylation sites (tertiary alicyclic amines) is 1. The number of aromatic nitrogens is 3. The van der Waals surface area contributed by atoms with Gasteiger partial charge < -0.3 is 14.6 Å². The second-order valence-electron chi connectivity index (χ2n) is 6.45. The molecule has 1 aliphatic heterocycles. The van der Waals surface area contributed by atoms with Gasteiger partial charge in [-0.15, -0.1) is 5.10 Å². The van der Waals surface area contributed by atoms with Gasteiger partial charge in [0.15, 0.2) is 11.4 Å². The minimum Gasteiger partial charge on any atom is -0.480 e. The van der Waals surface area contributed by atoms with Crippen molar-refractivity contribution in [3.05, 3.63) is 24.0 Å². The van der Waals surface area contributed by atoms with Crippen molar-refractivity contribution in [2.24, 2.45) is 5.92 Å². The maximum Gasteiger partial charge on any atom is 0.326 e. The number of fused-ring (bicyclic) bond motifs is 2. The minimum absolute atomic E-state index is 0.0405. The number of Topliss-reactive ketones (excluding diaryl/α,β-unsaturated/α-hetero) is 1. The highest BCUT2D eigenvalue weighted by molar-refractivity contribution is 6.06. The lowest BCUT2D eigenvalue weighted by Gasteiger charge is -2.24. The molecule has 2 fully saturated rings. The van der Waals surface area contributed by atoms with Crippen molar-refractivity contribution < 1.29 is 19.5 Å². The first kappa shape index (κ1) is 14.8. The normalized spacial score (nSPS) is 24.9. The summed E-state index contributed by atoms with van der Waals surface area (Å²) in [6.45, 7) is 1.41. The van der Waals surface area contributed by atoms with Gasteiger partial charge in [-0.2, -0.15) is 5.10 Å². The van der Waals surface area contributed by atoms with Crippen LogP contribution in [0.4, 0.5) is 0 Å². The molecule has 4 rings (SSSR count). The molecule has 124 valence electrons. The van der Waals surface area contributed by atoms with Crippen LogP contribution in [0, 0.1) is 5.92 Å². The molecule has 24 heavy (non-hydrogen) atoms. The van der Waals surface area contributed by atoms with Crippen molar-refractivity contribution in [2.45, 2.75) is 38.4 Å². The zero-order valence-electron chi connectivity index (χ0n) is 13.0. The summed E-state index contributed by atoms with van der Waals surface area (Å²) < 4.78 is 1.58. The third-order valence-corrected chi connectivity index (χ3v) is 4.91. The number of hydrogen-bond acceptors (Lipinski definition) is 5. The van der Waals surface area contributed by atoms with E-state index in [0.29, 0.717) is 28.9 Å². The van der Waals surface area contributed by atoms with Gasteiger partial charge in [0.05, 0.1) is 6.20 Å². The van der Waals surface area contributed by atoms with E-state index in [-0.39, 0.29) is 24.3 Å². The van der Waals surface area contributed by atoms with Gasteiger partial charge in [-0.1, -0.05) is 0 Å². The van der Waals surface area contributed by atoms with Crippen LogP contribution in [0.15, 0.2) is 18.5 Å². The number of carbonyl (C=O) groups is 3. The third kappa shape index (κ3) is 2.17. The topological polar surface area (TPSA) is 105 Å². The summed E-state index contributed by atoms with van der Waals surface area (Å²) in [7, 11) is 0. The monoisotopic (exact) mass is 328 g/mol. The number of rotatable bonds is 4. The summed E-state index contributed by atoms with van der Waals surface area (Å²) in [6.07, 6.45) is 4.49. The first-order valence-electron chi connectivity index (χ1n) is 7.83. The Morgan fingerprint density at radius 2 is 2.12 bits per heavy atom. The van der Waals surface area contributed by atoms with Gasteiger partial charge in [-0.25, -0.2) is 4.79 Å². The highest BCUT2D eigenvalue weighted by Gasteiger charge is 2.56. The summed E-state index contributed by atoms with van der Waals surface area (Å²) in [4.78, 5) is 37.3. The Hall–Kier alpha value is -2.77. The number of carboxylic acids is 1. The standard InChI is InChI=1S/C16H16N4O4/c1-8(21)11-6-19(15-10(11)2-3-17-18-15)7-14(22)20-12-4-9(12)5-13(20)16(23)24/h2-3,6,9,12-13H,4-5,7H2,1H3,(H,23,24)/t9-,12-,13+/m1/s1. The molecule has 1 aliphatic carbocycles. The number of piperidine rings is 1. The van der Waals surface area contributed by atoms with Crippen LogP contribution >= 0.6 is 0 Å². The van der Waals surface area contributed by atoms with E-state index in [9.17, 15) is 19.5 Å². The quantitative estimate of drug-likeness (QED) is 0.829. The number of amides is 1. The molecule has 2 aliphatic rings. The van der Waals surface area contributed by atoms with Crippen molar-refractivity contribution in [1.29, 1.82) is 0 Å². The molecule has 3 heterocycles. The van der Waals surface area contributed by atoms with Crippen molar-refractivity contribution in [3.8, 4) is 0 Å². The Morgan fingerprint density at radius 3 is 2.83 bits per heavy atom. The molecular formula is C16H16N4O4. The molecular weight excluding hydrogens is 312 g/mol. The minimum atomic E-state index is -0.961. The van der Waals surface area contributed by atoms with Gasteiger partial charge in [0.2, 0.25) is 5.91 Å². The molecule has 1 saturated carbocycles. The molecule has 1 saturated heterocycles. The van der Waals surface area contributed by atoms with Crippen molar-refractivity contribution in [2.75, 3.05) is 0 Å². The van der Waals surface area contributed by atoms with Crippen LogP contribution in [0.2, 0.25) is 0 Å². The fourth-order valence-electron chi connectivity index (χ4n) is 3.70. The van der Waals surface area contributed by atoms with Crippen molar-refractivity contribution in [1.82, 2.24) is 19.7 Å². The largest absolute Gasteiger partial charge is 0.480 e. The Labute approximate surface area is 137 Å². The SMILES string of the molecule is CC(=O)c1cn(CC(=O)N2[C@@H]3C[C@@H]3C[C@H]2C(=O)O)c2nnccc12. The number of carbonyl (C=O) groups excluding carboxylic acids is 2. The average Bonchev–Trinajstić information content (AvgIpc) is 3.04. The Morgan fingerprint density at radius 1 is 1.33 bits per heavy atom. The summed E-state index contributed by atoms with van der Waals surface area (Å²) in [5.74, 6) is -1.03. The second kappa shape index (κ2) is 5.12. The maximum atomic E-state index is 12.7. The number of carboxylic acid groups (broad SMARTS) is 1. The molecule has 0 bridgehead atoms. The highest BCUT2D eigenvalue weighted by Crippen LogP contribution is 2.48. The zero-order chi connectivity index (χ0) is 17.0. The third-order valence-electron chi connectivity index (χ3n) is 4.91. The summed E-state index contributed by atoms with van der Waals surface area (Å²) in [6, 6.07) is 0.979. The molecule has 1 N–H and O–H groups in total. The lowest BCUT2D eigenvalue weighted by atomic mass is 10.1. The smallest absolute Gasteiger partial charge is 0.326 e. The van der Waals surface area contributed by atoms with Gasteiger partial charge >= 0.3 is 5.97 Å². The van der Waals surface area contributed by atoms with Crippen LogP contribution in [-0.2, 0) is 16.1 Å². The maximum absolute atomic E-state index is 12.7. The summed E-state index contributed by atoms with van der Waals surface area (Å²) in [5, 5.41) is 17.8. The lowest BCUT2D eigenvalue weighted by molar-refractivity contribution is -0.149. The molecule has 1 amide bonds. The number of aliphatic carboxylic acids is 1. The molecule has 2 aromatic rings. The molecule has 2 aromatic heterocycles. The van der Waals surface area contributed by atoms with E-state index in [1.54, 1.807) is 16.8 Å². The van der Waals surface area contributed by atoms with Gasteiger partial charge in [0.1, 0.15) is 12.6 Å². The van der Waals surface area contributed by atoms with E-state index in [1.165, 1.54) is 18.0 Å². The molecule has 0 radical (unpaired) electrons. The molecule has 3 atom stereocenters. The molecule has 8 nitrogen and oxygen atoms in total. The van der Waals surface area contributed by atoms with E-state index < -0.39 is 12.0 Å². The van der Waals surface area contributed by atoms with Gasteiger partial charge in [-0.3, -0.25) is 9.59 Å². The predicted molar refractivity (Wildman–Crippen MR) is 82.3 cm³/mol. The molecule has 0 aromatic carbocycles. The molecule has 0 spiro atoms. The Kier molecular flexibility index (Phi) is 3.16. The van der Waals surface area contributed by atoms with Crippen molar-refractivity contribution in [3.63, 3.8) is 0 Å². The van der Waals surface area contributed by atoms with E-state index >= 15 is 0 Å². The van der Waals surface area contributed by atoms with E-state index in [2.05, 4.69) is 10.2 Å². The van der Waals surface area contributed by atoms with Crippen LogP contribution in [-0.4, -0.2) is 54.5 Å². The fourth-order valence-corrected chi connectivity index (χ4v) is 3.70. The van der Waals surface area contributed by atoms with Crippen LogP contribution in [0.25, 0.3) is 11.0 Å². The van der Waals surface area contributed by atoms with Crippen molar-refractivity contribution >= 4 is 28.7 Å². The lowest BCUT2D eigenvalue weighted by Crippen LogP contribution is -2.44. The van der Waals surface area contributed by atoms with E-state index in [4.69, 9.17) is 0 Å². The van der Waals surface area contributed by atoms with E-state index in [0.717, 1.165) is 6.42 Å². The van der Waals surface area contributed by atoms with Crippen LogP contribution in [0.3, 0.4) is 0 Å². The first-order valence-corrected chi connectivity index (χ1v) is 7.83. The van der Waals surface area contributed by atoms with Crippen LogP contribution in [0.1, 0.15) is 30.1 Å². The highest BCUT2D eigenvalue weighted by atomic mass is 16.4. The van der Waals surface area contributed by atoms with Gasteiger partial charge in [0.25, 0.3) is 0 Å². The second-order valence-corrected chi connectivity index (χ2v) is 6.45. The Bertz CT molecular complexity index is 874. The number of hydrogen-bond donors (Lipinski definition) is 1. The number of nitrogens with zero attached hydrogens (tertiary/aromatic N) is 4. The Balaban J connectivity index is 1.66. The van der Waals surface area contributed by atoms with Crippen LogP contribution < -0.4 is 0 Å². The number of ketones is 1. The molecule has 8 heteroatoms. The molecule has 0 unspecified atom stereocenters. The van der Waals surface area contributed by atoms with Gasteiger partial charge in [-0.05, 0) is 31.7 Å². The van der Waals surface area contributed by atoms with Crippen LogP contribution in [0.5, 0.6) is 0 Å². The van der Waals surface area contributed by atoms with Gasteiger partial charge in [0, 0.05) is 23.2 Å². The predicted octanol–water partition coefficient (Wildman–Crippen LogP) is 0.708.